The van der Waals surface area contributed by atoms with E-state index < -0.39 is 0 Å². The number of rotatable bonds is 5. The first-order valence-electron chi connectivity index (χ1n) is 9.25. The molecule has 0 aliphatic carbocycles. The average molecular weight is 369 g/mol. The lowest BCUT2D eigenvalue weighted by molar-refractivity contribution is -0.126. The van der Waals surface area contributed by atoms with E-state index in [4.69, 9.17) is 0 Å². The molecule has 27 heavy (non-hydrogen) atoms. The predicted octanol–water partition coefficient (Wildman–Crippen LogP) is 3.43. The maximum atomic E-state index is 13.0. The monoisotopic (exact) mass is 369 g/mol. The van der Waals surface area contributed by atoms with Crippen molar-refractivity contribution >= 4 is 17.6 Å². The van der Waals surface area contributed by atoms with Gasteiger partial charge in [0.2, 0.25) is 5.91 Å². The number of urea groups is 1. The van der Waals surface area contributed by atoms with E-state index in [0.717, 1.165) is 19.3 Å². The Morgan fingerprint density at radius 1 is 1.07 bits per heavy atom. The number of halogens is 1. The van der Waals surface area contributed by atoms with Crippen LogP contribution in [0.25, 0.3) is 0 Å². The number of carbonyl (C=O) groups is 2. The lowest BCUT2D eigenvalue weighted by atomic mass is 9.97. The molecule has 1 heterocycles. The lowest BCUT2D eigenvalue weighted by Gasteiger charge is -2.32. The van der Waals surface area contributed by atoms with E-state index in [-0.39, 0.29) is 23.7 Å². The summed E-state index contributed by atoms with van der Waals surface area (Å²) in [7, 11) is 0. The molecule has 1 saturated heterocycles. The number of carbonyl (C=O) groups excluding carboxylic acids is 2. The molecular weight excluding hydrogens is 345 g/mol. The zero-order chi connectivity index (χ0) is 19.1. The smallest absolute Gasteiger partial charge is 0.321 e. The molecule has 142 valence electrons. The minimum Gasteiger partial charge on any atom is -0.355 e. The molecule has 0 bridgehead atoms. The number of anilines is 1. The van der Waals surface area contributed by atoms with Crippen LogP contribution in [0.15, 0.2) is 54.6 Å². The summed E-state index contributed by atoms with van der Waals surface area (Å²) in [6.45, 7) is 1.59. The molecule has 2 aromatic carbocycles. The van der Waals surface area contributed by atoms with Crippen LogP contribution in [0.5, 0.6) is 0 Å². The number of nitrogens with one attached hydrogen (secondary N) is 2. The number of piperidine rings is 1. The van der Waals surface area contributed by atoms with Gasteiger partial charge in [-0.15, -0.1) is 0 Å². The van der Waals surface area contributed by atoms with E-state index >= 15 is 0 Å². The lowest BCUT2D eigenvalue weighted by Crippen LogP contribution is -2.47. The fourth-order valence-corrected chi connectivity index (χ4v) is 3.23. The molecule has 0 aromatic heterocycles. The first kappa shape index (κ1) is 18.9. The molecule has 0 spiro atoms. The molecular formula is C21H24FN3O2. The van der Waals surface area contributed by atoms with Crippen molar-refractivity contribution in [3.63, 3.8) is 0 Å². The van der Waals surface area contributed by atoms with Gasteiger partial charge in [-0.05, 0) is 49.1 Å². The topological polar surface area (TPSA) is 61.4 Å². The van der Waals surface area contributed by atoms with Crippen molar-refractivity contribution in [2.45, 2.75) is 19.3 Å². The fraction of sp³-hybridized carbons (Fsp3) is 0.333. The van der Waals surface area contributed by atoms with E-state index in [0.29, 0.717) is 25.3 Å². The van der Waals surface area contributed by atoms with Gasteiger partial charge < -0.3 is 15.5 Å². The van der Waals surface area contributed by atoms with E-state index in [9.17, 15) is 14.0 Å². The van der Waals surface area contributed by atoms with Gasteiger partial charge in [0.1, 0.15) is 5.82 Å². The summed E-state index contributed by atoms with van der Waals surface area (Å²) >= 11 is 0. The zero-order valence-corrected chi connectivity index (χ0v) is 15.2. The maximum Gasteiger partial charge on any atom is 0.321 e. The minimum absolute atomic E-state index is 0.00906. The second kappa shape index (κ2) is 9.16. The number of amides is 3. The van der Waals surface area contributed by atoms with Crippen molar-refractivity contribution < 1.29 is 14.0 Å². The molecule has 0 saturated carbocycles. The number of benzene rings is 2. The van der Waals surface area contributed by atoms with Crippen LogP contribution in [0.4, 0.5) is 14.9 Å². The van der Waals surface area contributed by atoms with Crippen LogP contribution in [-0.2, 0) is 11.2 Å². The Kier molecular flexibility index (Phi) is 6.41. The summed E-state index contributed by atoms with van der Waals surface area (Å²) in [6.07, 6.45) is 2.35. The molecule has 1 aliphatic heterocycles. The third kappa shape index (κ3) is 5.54. The SMILES string of the molecule is O=C(NCCc1ccccc1)[C@@H]1CCCN(C(=O)Nc2ccc(F)cc2)C1. The molecule has 0 unspecified atom stereocenters. The Labute approximate surface area is 158 Å². The molecule has 1 atom stereocenters. The second-order valence-electron chi connectivity index (χ2n) is 6.75. The maximum absolute atomic E-state index is 13.0. The Morgan fingerprint density at radius 2 is 1.81 bits per heavy atom. The molecule has 6 heteroatoms. The summed E-state index contributed by atoms with van der Waals surface area (Å²) in [5.74, 6) is -0.558. The Balaban J connectivity index is 1.47. The van der Waals surface area contributed by atoms with Gasteiger partial charge in [0.25, 0.3) is 0 Å². The molecule has 1 fully saturated rings. The third-order valence-corrected chi connectivity index (χ3v) is 4.73. The molecule has 5 nitrogen and oxygen atoms in total. The van der Waals surface area contributed by atoms with Crippen LogP contribution < -0.4 is 10.6 Å². The van der Waals surface area contributed by atoms with Crippen molar-refractivity contribution in [3.05, 3.63) is 66.0 Å². The van der Waals surface area contributed by atoms with Crippen molar-refractivity contribution in [1.82, 2.24) is 10.2 Å². The van der Waals surface area contributed by atoms with Gasteiger partial charge in [-0.3, -0.25) is 4.79 Å². The van der Waals surface area contributed by atoms with Gasteiger partial charge >= 0.3 is 6.03 Å². The number of hydrogen-bond donors (Lipinski definition) is 2. The van der Waals surface area contributed by atoms with Crippen LogP contribution >= 0.6 is 0 Å². The highest BCUT2D eigenvalue weighted by Gasteiger charge is 2.28. The molecule has 2 aromatic rings. The number of nitrogens with zero attached hydrogens (tertiary/aromatic N) is 1. The predicted molar refractivity (Wildman–Crippen MR) is 103 cm³/mol. The molecule has 3 amide bonds. The first-order valence-corrected chi connectivity index (χ1v) is 9.25. The van der Waals surface area contributed by atoms with E-state index in [2.05, 4.69) is 10.6 Å². The number of likely N-dealkylation sites (tertiary alicyclic amines) is 1. The van der Waals surface area contributed by atoms with Gasteiger partial charge in [-0.2, -0.15) is 0 Å². The molecule has 0 radical (unpaired) electrons. The van der Waals surface area contributed by atoms with Gasteiger partial charge in [0.05, 0.1) is 5.92 Å². The van der Waals surface area contributed by atoms with Gasteiger partial charge in [-0.25, -0.2) is 9.18 Å². The van der Waals surface area contributed by atoms with Crippen LogP contribution in [-0.4, -0.2) is 36.5 Å². The summed E-state index contributed by atoms with van der Waals surface area (Å²) in [5.41, 5.74) is 1.72. The highest BCUT2D eigenvalue weighted by Crippen LogP contribution is 2.18. The van der Waals surface area contributed by atoms with Gasteiger partial charge in [0.15, 0.2) is 0 Å². The standard InChI is InChI=1S/C21H24FN3O2/c22-18-8-10-19(11-9-18)24-21(27)25-14-4-7-17(15-25)20(26)23-13-12-16-5-2-1-3-6-16/h1-3,5-6,8-11,17H,4,7,12-15H2,(H,23,26)(H,24,27)/t17-/m1/s1. The van der Waals surface area contributed by atoms with Crippen molar-refractivity contribution in [2.24, 2.45) is 5.92 Å². The number of hydrogen-bond acceptors (Lipinski definition) is 2. The summed E-state index contributed by atoms with van der Waals surface area (Å²) < 4.78 is 13.0. The molecule has 1 aliphatic rings. The Morgan fingerprint density at radius 3 is 2.56 bits per heavy atom. The zero-order valence-electron chi connectivity index (χ0n) is 15.2. The average Bonchev–Trinajstić information content (AvgIpc) is 2.70. The first-order chi connectivity index (χ1) is 13.1. The van der Waals surface area contributed by atoms with Gasteiger partial charge in [-0.1, -0.05) is 30.3 Å². The minimum atomic E-state index is -0.349. The van der Waals surface area contributed by atoms with E-state index in [1.165, 1.54) is 29.8 Å². The van der Waals surface area contributed by atoms with Crippen molar-refractivity contribution in [2.75, 3.05) is 25.0 Å². The van der Waals surface area contributed by atoms with Crippen LogP contribution in [0.3, 0.4) is 0 Å². The van der Waals surface area contributed by atoms with Crippen LogP contribution in [0.1, 0.15) is 18.4 Å². The molecule has 3 rings (SSSR count). The highest BCUT2D eigenvalue weighted by molar-refractivity contribution is 5.90. The molecule has 2 N–H and O–H groups in total. The highest BCUT2D eigenvalue weighted by atomic mass is 19.1. The normalized spacial score (nSPS) is 16.6. The van der Waals surface area contributed by atoms with E-state index in [1.807, 2.05) is 30.3 Å². The van der Waals surface area contributed by atoms with Crippen LogP contribution in [0.2, 0.25) is 0 Å². The third-order valence-electron chi connectivity index (χ3n) is 4.73. The fourth-order valence-electron chi connectivity index (χ4n) is 3.23. The van der Waals surface area contributed by atoms with Crippen molar-refractivity contribution in [3.8, 4) is 0 Å². The Hall–Kier alpha value is -2.89. The second-order valence-corrected chi connectivity index (χ2v) is 6.75. The summed E-state index contributed by atoms with van der Waals surface area (Å²) in [4.78, 5) is 26.5. The Bertz CT molecular complexity index is 765. The van der Waals surface area contributed by atoms with Crippen LogP contribution in [0, 0.1) is 11.7 Å². The summed E-state index contributed by atoms with van der Waals surface area (Å²) in [5, 5.41) is 5.73. The van der Waals surface area contributed by atoms with Crippen molar-refractivity contribution in [1.29, 1.82) is 0 Å². The van der Waals surface area contributed by atoms with E-state index in [1.54, 1.807) is 4.90 Å². The summed E-state index contributed by atoms with van der Waals surface area (Å²) in [6, 6.07) is 15.4. The largest absolute Gasteiger partial charge is 0.355 e. The quantitative estimate of drug-likeness (QED) is 0.848. The van der Waals surface area contributed by atoms with Gasteiger partial charge in [0, 0.05) is 25.3 Å².